The number of morpholine rings is 1. The molecular weight excluding hydrogens is 180 g/mol. The molecule has 0 aromatic carbocycles. The standard InChI is InChI=1S/C10H19N2O2/c1-10(2,12-3-5-13)7-9-8-11-4-6-14-9/h9,11-12H,3-4,6-8H2,1-2H3. The van der Waals surface area contributed by atoms with E-state index in [4.69, 9.17) is 4.74 Å². The van der Waals surface area contributed by atoms with Crippen LogP contribution in [0.25, 0.3) is 0 Å². The summed E-state index contributed by atoms with van der Waals surface area (Å²) < 4.78 is 5.59. The Balaban J connectivity index is 2.28. The van der Waals surface area contributed by atoms with Crippen molar-refractivity contribution >= 4 is 6.29 Å². The molecule has 1 unspecified atom stereocenters. The molecule has 1 radical (unpaired) electrons. The van der Waals surface area contributed by atoms with Crippen molar-refractivity contribution in [1.82, 2.24) is 10.6 Å². The monoisotopic (exact) mass is 199 g/mol. The molecule has 0 spiro atoms. The molecule has 0 aromatic rings. The molecule has 81 valence electrons. The Morgan fingerprint density at radius 2 is 2.43 bits per heavy atom. The second-order valence-corrected chi connectivity index (χ2v) is 4.28. The second-order valence-electron chi connectivity index (χ2n) is 4.28. The number of hydrogen-bond donors (Lipinski definition) is 2. The van der Waals surface area contributed by atoms with E-state index >= 15 is 0 Å². The fourth-order valence-corrected chi connectivity index (χ4v) is 1.67. The van der Waals surface area contributed by atoms with Gasteiger partial charge in [0.05, 0.1) is 19.3 Å². The van der Waals surface area contributed by atoms with Gasteiger partial charge in [0.25, 0.3) is 0 Å². The quantitative estimate of drug-likeness (QED) is 0.646. The van der Waals surface area contributed by atoms with Crippen LogP contribution < -0.4 is 10.6 Å². The van der Waals surface area contributed by atoms with Crippen LogP contribution in [0.15, 0.2) is 0 Å². The highest BCUT2D eigenvalue weighted by molar-refractivity contribution is 5.53. The van der Waals surface area contributed by atoms with E-state index in [2.05, 4.69) is 24.5 Å². The number of carbonyl (C=O) groups excluding carboxylic acids is 1. The molecule has 14 heavy (non-hydrogen) atoms. The van der Waals surface area contributed by atoms with Gasteiger partial charge < -0.3 is 15.4 Å². The summed E-state index contributed by atoms with van der Waals surface area (Å²) in [7, 11) is 0. The SMILES string of the molecule is CC(C)(CC1CNCCO1)NC[C]=O. The minimum Gasteiger partial charge on any atom is -0.376 e. The lowest BCUT2D eigenvalue weighted by atomic mass is 9.96. The van der Waals surface area contributed by atoms with Gasteiger partial charge in [-0.1, -0.05) is 0 Å². The molecule has 1 aliphatic heterocycles. The van der Waals surface area contributed by atoms with Crippen LogP contribution in [0.4, 0.5) is 0 Å². The van der Waals surface area contributed by atoms with Gasteiger partial charge in [-0.05, 0) is 20.3 Å². The Bertz CT molecular complexity index is 177. The van der Waals surface area contributed by atoms with Gasteiger partial charge in [-0.25, -0.2) is 0 Å². The van der Waals surface area contributed by atoms with E-state index < -0.39 is 0 Å². The molecule has 4 heteroatoms. The molecule has 1 fully saturated rings. The van der Waals surface area contributed by atoms with Crippen molar-refractivity contribution in [3.63, 3.8) is 0 Å². The van der Waals surface area contributed by atoms with Crippen LogP contribution in [0.1, 0.15) is 20.3 Å². The van der Waals surface area contributed by atoms with Crippen LogP contribution in [0.3, 0.4) is 0 Å². The zero-order valence-electron chi connectivity index (χ0n) is 8.93. The molecule has 0 amide bonds. The van der Waals surface area contributed by atoms with Gasteiger partial charge >= 0.3 is 0 Å². The first kappa shape index (κ1) is 11.6. The normalized spacial score (nSPS) is 23.4. The molecule has 0 aromatic heterocycles. The molecule has 0 saturated carbocycles. The van der Waals surface area contributed by atoms with Gasteiger partial charge in [0, 0.05) is 18.6 Å². The molecule has 1 atom stereocenters. The van der Waals surface area contributed by atoms with Crippen LogP contribution in [-0.2, 0) is 9.53 Å². The Morgan fingerprint density at radius 3 is 3.00 bits per heavy atom. The minimum absolute atomic E-state index is 0.0684. The number of nitrogens with one attached hydrogen (secondary N) is 2. The van der Waals surface area contributed by atoms with Crippen LogP contribution in [0.5, 0.6) is 0 Å². The summed E-state index contributed by atoms with van der Waals surface area (Å²) in [5.74, 6) is 0. The first-order chi connectivity index (χ1) is 6.64. The highest BCUT2D eigenvalue weighted by atomic mass is 16.5. The van der Waals surface area contributed by atoms with Gasteiger partial charge in [0.2, 0.25) is 6.29 Å². The van der Waals surface area contributed by atoms with Crippen molar-refractivity contribution in [2.24, 2.45) is 0 Å². The molecule has 2 N–H and O–H groups in total. The Hall–Kier alpha value is -0.450. The molecule has 1 heterocycles. The van der Waals surface area contributed by atoms with E-state index in [0.717, 1.165) is 26.1 Å². The third-order valence-corrected chi connectivity index (χ3v) is 2.38. The Labute approximate surface area is 85.4 Å². The van der Waals surface area contributed by atoms with Gasteiger partial charge in [-0.15, -0.1) is 0 Å². The van der Waals surface area contributed by atoms with Crippen molar-refractivity contribution in [3.8, 4) is 0 Å². The summed E-state index contributed by atoms with van der Waals surface area (Å²) in [6, 6.07) is 0. The van der Waals surface area contributed by atoms with Crippen LogP contribution in [-0.4, -0.2) is 44.2 Å². The predicted molar refractivity (Wildman–Crippen MR) is 55.0 cm³/mol. The first-order valence-electron chi connectivity index (χ1n) is 5.06. The molecule has 1 rings (SSSR count). The first-order valence-corrected chi connectivity index (χ1v) is 5.06. The maximum Gasteiger partial charge on any atom is 0.213 e. The lowest BCUT2D eigenvalue weighted by Crippen LogP contribution is -2.48. The van der Waals surface area contributed by atoms with E-state index in [9.17, 15) is 4.79 Å². The van der Waals surface area contributed by atoms with Gasteiger partial charge in [-0.2, -0.15) is 0 Å². The van der Waals surface area contributed by atoms with Crippen LogP contribution >= 0.6 is 0 Å². The third kappa shape index (κ3) is 4.17. The summed E-state index contributed by atoms with van der Waals surface area (Å²) in [6.45, 7) is 7.04. The summed E-state index contributed by atoms with van der Waals surface area (Å²) in [4.78, 5) is 10.1. The van der Waals surface area contributed by atoms with E-state index in [0.29, 0.717) is 0 Å². The van der Waals surface area contributed by atoms with E-state index in [1.165, 1.54) is 0 Å². The fraction of sp³-hybridized carbons (Fsp3) is 0.900. The largest absolute Gasteiger partial charge is 0.376 e. The highest BCUT2D eigenvalue weighted by Gasteiger charge is 2.24. The second kappa shape index (κ2) is 5.44. The van der Waals surface area contributed by atoms with E-state index in [1.54, 1.807) is 0 Å². The molecule has 1 aliphatic rings. The number of rotatable bonds is 5. The predicted octanol–water partition coefficient (Wildman–Crippen LogP) is -0.157. The van der Waals surface area contributed by atoms with Gasteiger partial charge in [0.15, 0.2) is 0 Å². The average molecular weight is 199 g/mol. The number of hydrogen-bond acceptors (Lipinski definition) is 4. The summed E-state index contributed by atoms with van der Waals surface area (Å²) in [5, 5.41) is 6.41. The van der Waals surface area contributed by atoms with Crippen molar-refractivity contribution in [1.29, 1.82) is 0 Å². The highest BCUT2D eigenvalue weighted by Crippen LogP contribution is 2.14. The molecular formula is C10H19N2O2. The zero-order valence-corrected chi connectivity index (χ0v) is 8.93. The summed E-state index contributed by atoms with van der Waals surface area (Å²) >= 11 is 0. The Morgan fingerprint density at radius 1 is 1.64 bits per heavy atom. The van der Waals surface area contributed by atoms with Gasteiger partial charge in [-0.3, -0.25) is 4.79 Å². The maximum atomic E-state index is 10.1. The van der Waals surface area contributed by atoms with E-state index in [-0.39, 0.29) is 18.2 Å². The fourth-order valence-electron chi connectivity index (χ4n) is 1.67. The lowest BCUT2D eigenvalue weighted by molar-refractivity contribution is 0.00949. The summed E-state index contributed by atoms with van der Waals surface area (Å²) in [5.41, 5.74) is -0.0684. The minimum atomic E-state index is -0.0684. The average Bonchev–Trinajstić information content (AvgIpc) is 2.16. The zero-order chi connectivity index (χ0) is 10.4. The van der Waals surface area contributed by atoms with Gasteiger partial charge in [0.1, 0.15) is 0 Å². The number of ether oxygens (including phenoxy) is 1. The molecule has 0 bridgehead atoms. The van der Waals surface area contributed by atoms with Crippen LogP contribution in [0, 0.1) is 0 Å². The summed E-state index contributed by atoms with van der Waals surface area (Å²) in [6.07, 6.45) is 3.00. The van der Waals surface area contributed by atoms with E-state index in [1.807, 2.05) is 6.29 Å². The van der Waals surface area contributed by atoms with Crippen molar-refractivity contribution in [3.05, 3.63) is 0 Å². The topological polar surface area (TPSA) is 50.4 Å². The molecule has 0 aliphatic carbocycles. The van der Waals surface area contributed by atoms with Crippen LogP contribution in [0.2, 0.25) is 0 Å². The third-order valence-electron chi connectivity index (χ3n) is 2.38. The smallest absolute Gasteiger partial charge is 0.213 e. The van der Waals surface area contributed by atoms with Crippen molar-refractivity contribution in [2.45, 2.75) is 31.9 Å². The van der Waals surface area contributed by atoms with Crippen molar-refractivity contribution in [2.75, 3.05) is 26.2 Å². The molecule has 1 saturated heterocycles. The molecule has 4 nitrogen and oxygen atoms in total. The lowest BCUT2D eigenvalue weighted by Gasteiger charge is -2.32. The Kier molecular flexibility index (Phi) is 4.51. The maximum absolute atomic E-state index is 10.1. The van der Waals surface area contributed by atoms with Crippen molar-refractivity contribution < 1.29 is 9.53 Å².